The third-order valence-electron chi connectivity index (χ3n) is 5.27. The van der Waals surface area contributed by atoms with E-state index in [0.29, 0.717) is 20.6 Å². The lowest BCUT2D eigenvalue weighted by atomic mass is 9.96. The number of esters is 1. The number of carbonyl (C=O) groups is 1. The highest BCUT2D eigenvalue weighted by Crippen LogP contribution is 2.30. The first-order valence-electron chi connectivity index (χ1n) is 9.64. The maximum absolute atomic E-state index is 13.4. The van der Waals surface area contributed by atoms with E-state index < -0.39 is 12.0 Å². The molecule has 0 amide bonds. The summed E-state index contributed by atoms with van der Waals surface area (Å²) in [6.45, 7) is 6.53. The van der Waals surface area contributed by atoms with Gasteiger partial charge in [0.2, 0.25) is 0 Å². The second-order valence-electron chi connectivity index (χ2n) is 6.99. The molecule has 3 aromatic rings. The summed E-state index contributed by atoms with van der Waals surface area (Å²) in [7, 11) is 1.34. The molecule has 0 saturated heterocycles. The summed E-state index contributed by atoms with van der Waals surface area (Å²) in [6, 6.07) is 8.89. The Balaban J connectivity index is 1.97. The molecule has 30 heavy (non-hydrogen) atoms. The summed E-state index contributed by atoms with van der Waals surface area (Å²) in [6.07, 6.45) is 3.61. The number of benzene rings is 1. The van der Waals surface area contributed by atoms with Crippen LogP contribution in [0.15, 0.2) is 57.6 Å². The minimum Gasteiger partial charge on any atom is -0.466 e. The number of fused-ring (bicyclic) bond motifs is 1. The summed E-state index contributed by atoms with van der Waals surface area (Å²) < 4.78 is 9.03. The van der Waals surface area contributed by atoms with E-state index in [-0.39, 0.29) is 5.56 Å². The number of nitrogens with zero attached hydrogens (tertiary/aromatic N) is 4. The fourth-order valence-electron chi connectivity index (χ4n) is 3.71. The molecule has 0 bridgehead atoms. The summed E-state index contributed by atoms with van der Waals surface area (Å²) in [5.74, 6) is -0.487. The number of thiazole rings is 1. The normalized spacial score (nSPS) is 16.4. The van der Waals surface area contributed by atoms with Crippen LogP contribution in [0.25, 0.3) is 6.08 Å². The first-order chi connectivity index (χ1) is 14.5. The van der Waals surface area contributed by atoms with Crippen LogP contribution in [0, 0.1) is 6.92 Å². The van der Waals surface area contributed by atoms with Gasteiger partial charge in [-0.2, -0.15) is 5.10 Å². The minimum atomic E-state index is -0.587. The van der Waals surface area contributed by atoms with Crippen molar-refractivity contribution in [1.82, 2.24) is 14.3 Å². The Bertz CT molecular complexity index is 1330. The van der Waals surface area contributed by atoms with Crippen molar-refractivity contribution in [3.63, 3.8) is 0 Å². The van der Waals surface area contributed by atoms with Gasteiger partial charge in [-0.15, -0.1) is 0 Å². The van der Waals surface area contributed by atoms with E-state index in [9.17, 15) is 9.59 Å². The lowest BCUT2D eigenvalue weighted by molar-refractivity contribution is -0.136. The van der Waals surface area contributed by atoms with Crippen LogP contribution in [0.1, 0.15) is 36.7 Å². The summed E-state index contributed by atoms with van der Waals surface area (Å²) in [4.78, 5) is 31.1. The van der Waals surface area contributed by atoms with Crippen LogP contribution < -0.4 is 14.9 Å². The Hall–Kier alpha value is -3.26. The van der Waals surface area contributed by atoms with Crippen molar-refractivity contribution in [3.05, 3.63) is 84.3 Å². The summed E-state index contributed by atoms with van der Waals surface area (Å²) >= 11 is 1.31. The van der Waals surface area contributed by atoms with Crippen LogP contribution in [-0.4, -0.2) is 27.4 Å². The highest BCUT2D eigenvalue weighted by atomic mass is 32.1. The zero-order valence-corrected chi connectivity index (χ0v) is 18.1. The van der Waals surface area contributed by atoms with Gasteiger partial charge in [0, 0.05) is 17.8 Å². The number of ether oxygens (including phenoxy) is 1. The standard InChI is InChI=1S/C22H22N4O3S/c1-5-25-14(3)16(12-23-25)11-17-20(27)26-19(15-9-7-6-8-10-15)18(21(28)29-4)13(2)24-22(26)30-17/h6-12,19H,5H2,1-4H3/b17-11+/t19-/m1/s1. The molecule has 1 aliphatic rings. The van der Waals surface area contributed by atoms with Gasteiger partial charge in [0.05, 0.1) is 35.2 Å². The number of aryl methyl sites for hydroxylation is 1. The predicted molar refractivity (Wildman–Crippen MR) is 115 cm³/mol. The quantitative estimate of drug-likeness (QED) is 0.602. The third-order valence-corrected chi connectivity index (χ3v) is 6.25. The number of allylic oxidation sites excluding steroid dienone is 1. The molecule has 1 aliphatic heterocycles. The highest BCUT2D eigenvalue weighted by molar-refractivity contribution is 7.07. The number of hydrogen-bond donors (Lipinski definition) is 0. The van der Waals surface area contributed by atoms with Crippen molar-refractivity contribution in [2.75, 3.05) is 7.11 Å². The summed E-state index contributed by atoms with van der Waals surface area (Å²) in [5.41, 5.74) is 3.45. The SMILES string of the molecule is CCn1ncc(/C=c2/sc3n(c2=O)[C@H](c2ccccc2)C(C(=O)OC)=C(C)N=3)c1C. The average Bonchev–Trinajstić information content (AvgIpc) is 3.26. The fraction of sp³-hybridized carbons (Fsp3) is 0.273. The molecule has 1 atom stereocenters. The topological polar surface area (TPSA) is 78.5 Å². The molecule has 7 nitrogen and oxygen atoms in total. The summed E-state index contributed by atoms with van der Waals surface area (Å²) in [5, 5.41) is 4.35. The Morgan fingerprint density at radius 2 is 2.00 bits per heavy atom. The number of methoxy groups -OCH3 is 1. The van der Waals surface area contributed by atoms with E-state index in [4.69, 9.17) is 4.74 Å². The third kappa shape index (κ3) is 3.23. The van der Waals surface area contributed by atoms with Crippen molar-refractivity contribution < 1.29 is 9.53 Å². The Kier molecular flexibility index (Phi) is 5.26. The Morgan fingerprint density at radius 3 is 2.63 bits per heavy atom. The lowest BCUT2D eigenvalue weighted by Crippen LogP contribution is -2.39. The van der Waals surface area contributed by atoms with E-state index in [1.165, 1.54) is 18.4 Å². The van der Waals surface area contributed by atoms with Gasteiger partial charge in [-0.25, -0.2) is 9.79 Å². The van der Waals surface area contributed by atoms with Crippen LogP contribution in [0.5, 0.6) is 0 Å². The fourth-order valence-corrected chi connectivity index (χ4v) is 4.74. The molecule has 8 heteroatoms. The van der Waals surface area contributed by atoms with Gasteiger partial charge in [0.1, 0.15) is 0 Å². The zero-order chi connectivity index (χ0) is 21.4. The number of rotatable bonds is 4. The monoisotopic (exact) mass is 422 g/mol. The molecular weight excluding hydrogens is 400 g/mol. The first-order valence-corrected chi connectivity index (χ1v) is 10.5. The van der Waals surface area contributed by atoms with Crippen LogP contribution in [0.2, 0.25) is 0 Å². The zero-order valence-electron chi connectivity index (χ0n) is 17.2. The first kappa shape index (κ1) is 20.0. The lowest BCUT2D eigenvalue weighted by Gasteiger charge is -2.24. The molecule has 4 rings (SSSR count). The van der Waals surface area contributed by atoms with Crippen molar-refractivity contribution in [2.45, 2.75) is 33.4 Å². The molecule has 0 spiro atoms. The second kappa shape index (κ2) is 7.87. The van der Waals surface area contributed by atoms with Crippen molar-refractivity contribution in [3.8, 4) is 0 Å². The maximum Gasteiger partial charge on any atom is 0.338 e. The van der Waals surface area contributed by atoms with Gasteiger partial charge in [-0.05, 0) is 32.4 Å². The molecule has 0 N–H and O–H groups in total. The molecule has 0 radical (unpaired) electrons. The van der Waals surface area contributed by atoms with Crippen LogP contribution in [0.4, 0.5) is 0 Å². The molecule has 0 fully saturated rings. The van der Waals surface area contributed by atoms with E-state index >= 15 is 0 Å². The maximum atomic E-state index is 13.4. The highest BCUT2D eigenvalue weighted by Gasteiger charge is 2.32. The van der Waals surface area contributed by atoms with E-state index in [0.717, 1.165) is 23.4 Å². The molecule has 0 saturated carbocycles. The van der Waals surface area contributed by atoms with Gasteiger partial charge in [0.25, 0.3) is 5.56 Å². The van der Waals surface area contributed by atoms with Crippen molar-refractivity contribution in [2.24, 2.45) is 4.99 Å². The molecule has 0 unspecified atom stereocenters. The Morgan fingerprint density at radius 1 is 1.27 bits per heavy atom. The molecule has 0 aliphatic carbocycles. The van der Waals surface area contributed by atoms with Gasteiger partial charge >= 0.3 is 5.97 Å². The van der Waals surface area contributed by atoms with Crippen LogP contribution in [0.3, 0.4) is 0 Å². The van der Waals surface area contributed by atoms with Gasteiger partial charge in [-0.3, -0.25) is 14.0 Å². The van der Waals surface area contributed by atoms with Crippen molar-refractivity contribution >= 4 is 23.4 Å². The van der Waals surface area contributed by atoms with Gasteiger partial charge < -0.3 is 4.74 Å². The number of carbonyl (C=O) groups excluding carboxylic acids is 1. The van der Waals surface area contributed by atoms with Crippen LogP contribution >= 0.6 is 11.3 Å². The van der Waals surface area contributed by atoms with E-state index in [2.05, 4.69) is 10.1 Å². The minimum absolute atomic E-state index is 0.190. The van der Waals surface area contributed by atoms with Gasteiger partial charge in [-0.1, -0.05) is 41.7 Å². The number of hydrogen-bond acceptors (Lipinski definition) is 6. The van der Waals surface area contributed by atoms with E-state index in [1.807, 2.05) is 54.9 Å². The molecule has 3 heterocycles. The molecule has 2 aromatic heterocycles. The largest absolute Gasteiger partial charge is 0.466 e. The van der Waals surface area contributed by atoms with E-state index in [1.54, 1.807) is 17.7 Å². The Labute approximate surface area is 177 Å². The van der Waals surface area contributed by atoms with Crippen molar-refractivity contribution in [1.29, 1.82) is 0 Å². The number of aromatic nitrogens is 3. The average molecular weight is 423 g/mol. The smallest absolute Gasteiger partial charge is 0.338 e. The molecule has 154 valence electrons. The molecular formula is C22H22N4O3S. The van der Waals surface area contributed by atoms with Gasteiger partial charge in [0.15, 0.2) is 4.80 Å². The van der Waals surface area contributed by atoms with Crippen LogP contribution in [-0.2, 0) is 16.1 Å². The molecule has 1 aromatic carbocycles. The predicted octanol–water partition coefficient (Wildman–Crippen LogP) is 1.93. The second-order valence-corrected chi connectivity index (χ2v) is 7.99.